The van der Waals surface area contributed by atoms with Crippen LogP contribution in [0.25, 0.3) is 5.69 Å². The van der Waals surface area contributed by atoms with Crippen LogP contribution in [0.5, 0.6) is 0 Å². The van der Waals surface area contributed by atoms with Gasteiger partial charge in [0.2, 0.25) is 0 Å². The predicted octanol–water partition coefficient (Wildman–Crippen LogP) is 2.30. The molecular formula is C15H18N2O2S. The summed E-state index contributed by atoms with van der Waals surface area (Å²) in [6.45, 7) is 2.74. The number of hydrogen-bond donors (Lipinski definition) is 0. The minimum absolute atomic E-state index is 0.110. The fourth-order valence-corrected chi connectivity index (χ4v) is 4.10. The second-order valence-corrected chi connectivity index (χ2v) is 6.70. The van der Waals surface area contributed by atoms with Gasteiger partial charge in [0.15, 0.2) is 0 Å². The molecule has 0 saturated carbocycles. The second kappa shape index (κ2) is 5.89. The Balaban J connectivity index is 1.68. The third kappa shape index (κ3) is 2.83. The van der Waals surface area contributed by atoms with E-state index in [1.54, 1.807) is 6.20 Å². The standard InChI is InChI=1S/C15H18N2O2S/c1-12-15(7-10-19-12)20(18)11-13-3-5-14(6-4-13)17-9-2-8-16-17/h2-6,8-9,12,15H,7,10-11H2,1H3. The van der Waals surface area contributed by atoms with Gasteiger partial charge >= 0.3 is 0 Å². The molecule has 0 aliphatic carbocycles. The molecule has 106 valence electrons. The quantitative estimate of drug-likeness (QED) is 0.868. The molecule has 0 N–H and O–H groups in total. The highest BCUT2D eigenvalue weighted by Gasteiger charge is 2.29. The van der Waals surface area contributed by atoms with Crippen molar-refractivity contribution in [2.45, 2.75) is 30.5 Å². The Labute approximate surface area is 121 Å². The molecule has 1 saturated heterocycles. The summed E-state index contributed by atoms with van der Waals surface area (Å²) in [5, 5.41) is 4.36. The number of benzene rings is 1. The van der Waals surface area contributed by atoms with E-state index in [0.29, 0.717) is 5.75 Å². The number of aromatic nitrogens is 2. The highest BCUT2D eigenvalue weighted by Crippen LogP contribution is 2.21. The summed E-state index contributed by atoms with van der Waals surface area (Å²) in [6, 6.07) is 9.96. The highest BCUT2D eigenvalue weighted by molar-refractivity contribution is 7.84. The summed E-state index contributed by atoms with van der Waals surface area (Å²) in [5.41, 5.74) is 2.11. The molecule has 3 rings (SSSR count). The first-order valence-electron chi connectivity index (χ1n) is 6.82. The number of ether oxygens (including phenoxy) is 1. The molecule has 0 spiro atoms. The molecule has 3 atom stereocenters. The lowest BCUT2D eigenvalue weighted by atomic mass is 10.2. The zero-order valence-corrected chi connectivity index (χ0v) is 12.3. The first-order chi connectivity index (χ1) is 9.74. The highest BCUT2D eigenvalue weighted by atomic mass is 32.2. The van der Waals surface area contributed by atoms with Gasteiger partial charge in [-0.25, -0.2) is 4.68 Å². The molecule has 1 aliphatic rings. The number of hydrogen-bond acceptors (Lipinski definition) is 3. The van der Waals surface area contributed by atoms with Crippen LogP contribution >= 0.6 is 0 Å². The molecule has 2 heterocycles. The summed E-state index contributed by atoms with van der Waals surface area (Å²) in [4.78, 5) is 0. The van der Waals surface area contributed by atoms with E-state index in [1.807, 2.05) is 48.1 Å². The lowest BCUT2D eigenvalue weighted by molar-refractivity contribution is 0.127. The van der Waals surface area contributed by atoms with E-state index < -0.39 is 10.8 Å². The van der Waals surface area contributed by atoms with E-state index in [2.05, 4.69) is 5.10 Å². The molecule has 0 bridgehead atoms. The Bertz CT molecular complexity index is 580. The molecule has 1 fully saturated rings. The van der Waals surface area contributed by atoms with E-state index in [0.717, 1.165) is 24.3 Å². The molecule has 0 amide bonds. The molecule has 1 aromatic carbocycles. The van der Waals surface area contributed by atoms with Gasteiger partial charge in [-0.3, -0.25) is 4.21 Å². The van der Waals surface area contributed by atoms with Crippen molar-refractivity contribution in [1.82, 2.24) is 9.78 Å². The Hall–Kier alpha value is -1.46. The van der Waals surface area contributed by atoms with Crippen molar-refractivity contribution in [3.63, 3.8) is 0 Å². The van der Waals surface area contributed by atoms with Crippen LogP contribution in [0, 0.1) is 0 Å². The largest absolute Gasteiger partial charge is 0.377 e. The molecule has 4 nitrogen and oxygen atoms in total. The van der Waals surface area contributed by atoms with Crippen molar-refractivity contribution in [1.29, 1.82) is 0 Å². The summed E-state index contributed by atoms with van der Waals surface area (Å²) < 4.78 is 19.7. The normalized spacial score (nSPS) is 23.9. The molecule has 5 heteroatoms. The number of nitrogens with zero attached hydrogens (tertiary/aromatic N) is 2. The van der Waals surface area contributed by atoms with Crippen LogP contribution in [0.2, 0.25) is 0 Å². The van der Waals surface area contributed by atoms with Crippen LogP contribution in [0.4, 0.5) is 0 Å². The van der Waals surface area contributed by atoms with Crippen LogP contribution in [-0.4, -0.2) is 32.0 Å². The summed E-state index contributed by atoms with van der Waals surface area (Å²) in [5.74, 6) is 0.595. The predicted molar refractivity (Wildman–Crippen MR) is 79.2 cm³/mol. The van der Waals surface area contributed by atoms with Gasteiger partial charge in [-0.15, -0.1) is 0 Å². The van der Waals surface area contributed by atoms with Gasteiger partial charge in [0, 0.05) is 35.6 Å². The molecule has 2 aromatic rings. The monoisotopic (exact) mass is 290 g/mol. The minimum Gasteiger partial charge on any atom is -0.377 e. The third-order valence-corrected chi connectivity index (χ3v) is 5.57. The SMILES string of the molecule is CC1OCCC1S(=O)Cc1ccc(-n2cccn2)cc1. The van der Waals surface area contributed by atoms with Crippen molar-refractivity contribution in [3.8, 4) is 5.69 Å². The van der Waals surface area contributed by atoms with E-state index in [1.165, 1.54) is 0 Å². The first-order valence-corrected chi connectivity index (χ1v) is 8.20. The Kier molecular flexibility index (Phi) is 3.98. The average Bonchev–Trinajstić information content (AvgIpc) is 3.10. The molecule has 1 aromatic heterocycles. The van der Waals surface area contributed by atoms with Crippen LogP contribution in [0.15, 0.2) is 42.7 Å². The van der Waals surface area contributed by atoms with Crippen molar-refractivity contribution in [3.05, 3.63) is 48.3 Å². The van der Waals surface area contributed by atoms with Gasteiger partial charge in [-0.1, -0.05) is 12.1 Å². The molecule has 3 unspecified atom stereocenters. The molecule has 0 radical (unpaired) electrons. The maximum Gasteiger partial charge on any atom is 0.0691 e. The summed E-state index contributed by atoms with van der Waals surface area (Å²) >= 11 is 0. The fourth-order valence-electron chi connectivity index (χ4n) is 2.50. The van der Waals surface area contributed by atoms with E-state index in [4.69, 9.17) is 4.74 Å². The van der Waals surface area contributed by atoms with Crippen LogP contribution < -0.4 is 0 Å². The summed E-state index contributed by atoms with van der Waals surface area (Å²) in [7, 11) is -0.867. The van der Waals surface area contributed by atoms with Crippen molar-refractivity contribution < 1.29 is 8.95 Å². The Morgan fingerprint density at radius 2 is 2.20 bits per heavy atom. The average molecular weight is 290 g/mol. The van der Waals surface area contributed by atoms with Gasteiger partial charge in [0.25, 0.3) is 0 Å². The lowest BCUT2D eigenvalue weighted by Gasteiger charge is -2.13. The lowest BCUT2D eigenvalue weighted by Crippen LogP contribution is -2.24. The maximum atomic E-state index is 12.4. The van der Waals surface area contributed by atoms with Crippen LogP contribution in [0.1, 0.15) is 18.9 Å². The Morgan fingerprint density at radius 1 is 1.40 bits per heavy atom. The van der Waals surface area contributed by atoms with Gasteiger partial charge in [0.1, 0.15) is 0 Å². The van der Waals surface area contributed by atoms with E-state index in [9.17, 15) is 4.21 Å². The molecule has 1 aliphatic heterocycles. The second-order valence-electron chi connectivity index (χ2n) is 5.05. The van der Waals surface area contributed by atoms with Gasteiger partial charge in [-0.2, -0.15) is 5.10 Å². The van der Waals surface area contributed by atoms with Gasteiger partial charge in [-0.05, 0) is 37.1 Å². The molecular weight excluding hydrogens is 272 g/mol. The van der Waals surface area contributed by atoms with Crippen molar-refractivity contribution >= 4 is 10.8 Å². The third-order valence-electron chi connectivity index (χ3n) is 3.66. The van der Waals surface area contributed by atoms with Crippen molar-refractivity contribution in [2.24, 2.45) is 0 Å². The maximum absolute atomic E-state index is 12.4. The van der Waals surface area contributed by atoms with Crippen LogP contribution in [-0.2, 0) is 21.3 Å². The smallest absolute Gasteiger partial charge is 0.0691 e. The Morgan fingerprint density at radius 3 is 2.80 bits per heavy atom. The zero-order valence-electron chi connectivity index (χ0n) is 11.4. The van der Waals surface area contributed by atoms with E-state index in [-0.39, 0.29) is 11.4 Å². The summed E-state index contributed by atoms with van der Waals surface area (Å²) in [6.07, 6.45) is 4.67. The molecule has 20 heavy (non-hydrogen) atoms. The van der Waals surface area contributed by atoms with E-state index >= 15 is 0 Å². The van der Waals surface area contributed by atoms with Crippen LogP contribution in [0.3, 0.4) is 0 Å². The minimum atomic E-state index is -0.867. The van der Waals surface area contributed by atoms with Gasteiger partial charge in [0.05, 0.1) is 17.0 Å². The number of rotatable bonds is 4. The van der Waals surface area contributed by atoms with Crippen molar-refractivity contribution in [2.75, 3.05) is 6.61 Å². The zero-order chi connectivity index (χ0) is 13.9. The fraction of sp³-hybridized carbons (Fsp3) is 0.400. The topological polar surface area (TPSA) is 44.1 Å². The van der Waals surface area contributed by atoms with Gasteiger partial charge < -0.3 is 4.74 Å². The first kappa shape index (κ1) is 13.5.